The molecule has 3 aromatic carbocycles. The van der Waals surface area contributed by atoms with Crippen molar-refractivity contribution in [2.24, 2.45) is 29.0 Å². The predicted octanol–water partition coefficient (Wildman–Crippen LogP) is 5.89. The lowest BCUT2D eigenvalue weighted by Crippen LogP contribution is -2.44. The summed E-state index contributed by atoms with van der Waals surface area (Å²) < 4.78 is 31.4. The number of carbonyl (C=O) groups is 15. The van der Waals surface area contributed by atoms with Crippen molar-refractivity contribution in [3.05, 3.63) is 103 Å². The van der Waals surface area contributed by atoms with Gasteiger partial charge in [-0.05, 0) is 229 Å². The largest absolute Gasteiger partial charge is 0.461 e. The van der Waals surface area contributed by atoms with Crippen LogP contribution in [-0.2, 0) is 71.6 Å². The van der Waals surface area contributed by atoms with Gasteiger partial charge in [-0.1, -0.05) is 18.2 Å². The molecule has 0 fully saturated rings. The predicted molar refractivity (Wildman–Crippen MR) is 469 cm³/mol. The number of ether oxygens (including phenoxy) is 6. The van der Waals surface area contributed by atoms with Crippen LogP contribution in [0.15, 0.2) is 38.0 Å². The quantitative estimate of drug-likeness (QED) is 0.0142. The Morgan fingerprint density at radius 2 is 0.570 bits per heavy atom. The normalized spacial score (nSPS) is 11.7. The maximum Gasteiger partial charge on any atom is 0.303 e. The van der Waals surface area contributed by atoms with Gasteiger partial charge in [-0.3, -0.25) is 71.9 Å². The van der Waals surface area contributed by atoms with Gasteiger partial charge in [0.25, 0.3) is 53.2 Å². The van der Waals surface area contributed by atoms with Crippen LogP contribution in [0.2, 0.25) is 0 Å². The van der Waals surface area contributed by atoms with Crippen LogP contribution in [0.1, 0.15) is 104 Å². The van der Waals surface area contributed by atoms with Crippen molar-refractivity contribution in [3.63, 3.8) is 0 Å². The molecule has 0 aliphatic rings. The summed E-state index contributed by atoms with van der Waals surface area (Å²) in [6.45, 7) is 15.8. The summed E-state index contributed by atoms with van der Waals surface area (Å²) in [5.74, 6) is -13.5. The molecule has 0 aromatic heterocycles. The van der Waals surface area contributed by atoms with Gasteiger partial charge in [0.05, 0.1) is 71.9 Å². The lowest BCUT2D eigenvalue weighted by molar-refractivity contribution is -0.160. The van der Waals surface area contributed by atoms with E-state index in [9.17, 15) is 57.5 Å². The average molecular weight is 2500 g/mol. The molecule has 3 aromatic rings. The molecular weight excluding hydrogens is 2430 g/mol. The van der Waals surface area contributed by atoms with Crippen molar-refractivity contribution < 1.29 is 100 Å². The van der Waals surface area contributed by atoms with E-state index in [4.69, 9.17) is 45.6 Å². The minimum absolute atomic E-state index is 0.0269. The van der Waals surface area contributed by atoms with Crippen molar-refractivity contribution in [3.8, 4) is 0 Å². The Bertz CT molecular complexity index is 3590. The number of rotatable bonds is 36. The van der Waals surface area contributed by atoms with Gasteiger partial charge in [0.1, 0.15) is 19.8 Å². The zero-order valence-corrected chi connectivity index (χ0v) is 78.2. The first-order chi connectivity index (χ1) is 50.0. The molecule has 12 N–H and O–H groups in total. The summed E-state index contributed by atoms with van der Waals surface area (Å²) >= 11 is 16.2. The van der Waals surface area contributed by atoms with Crippen LogP contribution in [0.25, 0.3) is 0 Å². The number of benzene rings is 3. The van der Waals surface area contributed by atoms with Gasteiger partial charge in [0.15, 0.2) is 0 Å². The van der Waals surface area contributed by atoms with E-state index in [-0.39, 0.29) is 102 Å². The molecule has 0 aliphatic carbocycles. The van der Waals surface area contributed by atoms with E-state index in [0.29, 0.717) is 25.6 Å². The molecule has 0 aliphatic heterocycles. The molecule has 0 saturated carbocycles. The maximum absolute atomic E-state index is 15.1. The monoisotopic (exact) mass is 2500 g/mol. The number of carbonyl (C=O) groups excluding carboxylic acids is 15. The Morgan fingerprint density at radius 1 is 0.355 bits per heavy atom. The minimum atomic E-state index is -1.71. The minimum Gasteiger partial charge on any atom is -0.461 e. The summed E-state index contributed by atoms with van der Waals surface area (Å²) in [6.07, 6.45) is -0.779. The zero-order valence-electron chi connectivity index (χ0n) is 58.8. The molecule has 0 bridgehead atoms. The van der Waals surface area contributed by atoms with E-state index in [0.717, 1.165) is 41.5 Å². The van der Waals surface area contributed by atoms with Crippen LogP contribution in [0, 0.1) is 44.0 Å². The SMILES string of the molecule is C=CCN(C)C(=O)c1c(I)c(NC(=O)C(COC(C)=O)OC(C)=O)c(I)c(C(=O)NCC(CNC(=O)c2c(I)c(NC(=O)C(COC(C)=O)OC(C)=O)c(I)c(C(=O)N(C)CC=C)c2I)CNC(=O)c2c(I)c(NC(=O)C(COC(C)=O)OC(C)=O)c(I)c(C(=O)N(C)CC=C)c2I)c1I.NCC(CN)CN. The molecule has 586 valence electrons. The van der Waals surface area contributed by atoms with Gasteiger partial charge < -0.3 is 92.2 Å². The molecular formula is C65H77I9N12O21. The number of hydrogen-bond donors (Lipinski definition) is 9. The Hall–Kier alpha value is -4.62. The van der Waals surface area contributed by atoms with Crippen LogP contribution in [0.5, 0.6) is 0 Å². The summed E-state index contributed by atoms with van der Waals surface area (Å²) in [7, 11) is 4.39. The molecule has 42 heteroatoms. The summed E-state index contributed by atoms with van der Waals surface area (Å²) in [5.41, 5.74) is 14.7. The maximum atomic E-state index is 15.1. The highest BCUT2D eigenvalue weighted by Crippen LogP contribution is 2.40. The Balaban J connectivity index is 0.00000527. The third kappa shape index (κ3) is 29.5. The van der Waals surface area contributed by atoms with E-state index in [1.807, 2.05) is 67.8 Å². The Morgan fingerprint density at radius 3 is 0.748 bits per heavy atom. The number of amides is 9. The number of nitrogens with one attached hydrogen (secondary N) is 6. The van der Waals surface area contributed by atoms with Crippen LogP contribution in [0.4, 0.5) is 17.1 Å². The van der Waals surface area contributed by atoms with Crippen LogP contribution < -0.4 is 49.1 Å². The number of likely N-dealkylation sites (N-methyl/N-ethyl adjacent to an activating group) is 3. The lowest BCUT2D eigenvalue weighted by atomic mass is 10.0. The first-order valence-corrected chi connectivity index (χ1v) is 40.8. The fourth-order valence-electron chi connectivity index (χ4n) is 8.65. The van der Waals surface area contributed by atoms with Gasteiger partial charge >= 0.3 is 35.8 Å². The molecule has 3 rings (SSSR count). The number of nitrogens with zero attached hydrogens (tertiary/aromatic N) is 3. The molecule has 3 atom stereocenters. The van der Waals surface area contributed by atoms with Gasteiger partial charge in [0, 0.05) is 119 Å². The second-order valence-corrected chi connectivity index (χ2v) is 32.1. The number of nitrogens with two attached hydrogens (primary N) is 3. The van der Waals surface area contributed by atoms with Crippen molar-refractivity contribution in [2.75, 3.05) is 116 Å². The van der Waals surface area contributed by atoms with Crippen molar-refractivity contribution in [1.29, 1.82) is 0 Å². The fourth-order valence-corrected chi connectivity index (χ4v) is 21.8. The molecule has 9 amide bonds. The highest BCUT2D eigenvalue weighted by Gasteiger charge is 2.37. The fraction of sp³-hybridized carbons (Fsp3) is 0.400. The van der Waals surface area contributed by atoms with E-state index in [1.165, 1.54) is 54.1 Å². The third-order valence-electron chi connectivity index (χ3n) is 14.0. The van der Waals surface area contributed by atoms with Gasteiger partial charge in [-0.25, -0.2) is 0 Å². The van der Waals surface area contributed by atoms with Crippen LogP contribution in [-0.4, -0.2) is 222 Å². The highest BCUT2D eigenvalue weighted by molar-refractivity contribution is 14.1. The topological polar surface area (TPSA) is 471 Å². The second kappa shape index (κ2) is 48.3. The van der Waals surface area contributed by atoms with Crippen molar-refractivity contribution >= 4 is 309 Å². The van der Waals surface area contributed by atoms with Gasteiger partial charge in [-0.15, -0.1) is 19.7 Å². The average Bonchev–Trinajstić information content (AvgIpc) is 0.776. The molecule has 0 spiro atoms. The van der Waals surface area contributed by atoms with E-state index >= 15 is 14.4 Å². The number of esters is 6. The molecule has 3 unspecified atom stereocenters. The van der Waals surface area contributed by atoms with Crippen LogP contribution in [0.3, 0.4) is 0 Å². The molecule has 0 heterocycles. The van der Waals surface area contributed by atoms with Gasteiger partial charge in [0.2, 0.25) is 18.3 Å². The third-order valence-corrected chi connectivity index (χ3v) is 23.7. The highest BCUT2D eigenvalue weighted by atomic mass is 127. The zero-order chi connectivity index (χ0) is 81.8. The van der Waals surface area contributed by atoms with Gasteiger partial charge in [-0.2, -0.15) is 0 Å². The smallest absolute Gasteiger partial charge is 0.303 e. The Kier molecular flexibility index (Phi) is 44.5. The number of halogens is 9. The molecule has 0 radical (unpaired) electrons. The summed E-state index contributed by atoms with van der Waals surface area (Å²) in [6, 6.07) is 0. The van der Waals surface area contributed by atoms with Crippen molar-refractivity contribution in [2.45, 2.75) is 59.9 Å². The number of hydrogen-bond acceptors (Lipinski definition) is 24. The number of anilines is 3. The standard InChI is InChI=1S/C61H64I9N9O21.C4H13N3/c1-13-16-77(10)59(92)38-41(62)35(44(65)50(47(38)68)74-53(86)32(98-28(7)83)22-95-25(4)80)56(89)71-19-31(20-72-57(90)36-42(63)39(60(93)78(11)17-14-2)48(69)51(45(36)66)75-54(87)33(99-29(8)84)23-96-26(5)81)21-73-58(91)37-43(64)40(61(94)79(12)18-15-3)49(70)52(46(37)67)76-55(88)34(100-30(9)85)24-97-27(6)82;5-1-4(2-6)3-7/h13-15,31-34H,1-3,16-24H2,4-12H3,(H,71,89)(H,72,90)(H,73,91)(H,74,86)(H,75,87)(H,76,88);4H,1-3,5-7H2. The molecule has 107 heavy (non-hydrogen) atoms. The molecule has 0 saturated heterocycles. The second-order valence-electron chi connectivity index (χ2n) is 22.4. The van der Waals surface area contributed by atoms with Crippen LogP contribution >= 0.6 is 203 Å². The summed E-state index contributed by atoms with van der Waals surface area (Å²) in [5, 5.41) is 16.4. The summed E-state index contributed by atoms with van der Waals surface area (Å²) in [4.78, 5) is 206. The van der Waals surface area contributed by atoms with E-state index in [1.54, 1.807) is 136 Å². The van der Waals surface area contributed by atoms with E-state index < -0.39 is 153 Å². The lowest BCUT2D eigenvalue weighted by Gasteiger charge is -2.25. The first-order valence-electron chi connectivity index (χ1n) is 31.0. The van der Waals surface area contributed by atoms with Crippen molar-refractivity contribution in [1.82, 2.24) is 30.7 Å². The van der Waals surface area contributed by atoms with E-state index in [2.05, 4.69) is 51.6 Å². The Labute approximate surface area is 739 Å². The first kappa shape index (κ1) is 98.5. The molecule has 33 nitrogen and oxygen atoms in total.